The molecule has 7 aromatic rings. The molecule has 4 aliphatic carbocycles. The Kier molecular flexibility index (Phi) is 8.74. The van der Waals surface area contributed by atoms with E-state index in [1.165, 1.54) is 113 Å². The first kappa shape index (κ1) is 40.0. The summed E-state index contributed by atoms with van der Waals surface area (Å²) >= 11 is 0. The second kappa shape index (κ2) is 14.2. The zero-order chi connectivity index (χ0) is 44.6. The third kappa shape index (κ3) is 5.86. The lowest BCUT2D eigenvalue weighted by atomic mass is 9.78. The molecule has 13 rings (SSSR count). The molecule has 2 atom stereocenters. The summed E-state index contributed by atoms with van der Waals surface area (Å²) in [4.78, 5) is 0. The smallest absolute Gasteiger partial charge is 0.196 e. The molecule has 0 fully saturated rings. The van der Waals surface area contributed by atoms with Crippen LogP contribution < -0.4 is 15.4 Å². The van der Waals surface area contributed by atoms with Crippen LogP contribution in [0.25, 0.3) is 55.6 Å². The lowest BCUT2D eigenvalue weighted by molar-refractivity contribution is 0.260. The highest BCUT2D eigenvalue weighted by Crippen LogP contribution is 2.60. The van der Waals surface area contributed by atoms with Crippen LogP contribution in [0.1, 0.15) is 131 Å². The second-order valence-electron chi connectivity index (χ2n) is 20.5. The van der Waals surface area contributed by atoms with E-state index in [-0.39, 0.29) is 22.5 Å². The van der Waals surface area contributed by atoms with Gasteiger partial charge < -0.3 is 15.4 Å². The van der Waals surface area contributed by atoms with Crippen LogP contribution in [0, 0.1) is 0 Å². The summed E-state index contributed by atoms with van der Waals surface area (Å²) < 4.78 is 6.21. The fourth-order valence-electron chi connectivity index (χ4n) is 12.2. The maximum atomic E-state index is 6.21. The second-order valence-corrected chi connectivity index (χ2v) is 20.5. The normalized spacial score (nSPS) is 19.8. The van der Waals surface area contributed by atoms with Gasteiger partial charge in [0.25, 0.3) is 0 Å². The zero-order valence-electron chi connectivity index (χ0n) is 39.0. The van der Waals surface area contributed by atoms with E-state index in [1.54, 1.807) is 5.57 Å². The van der Waals surface area contributed by atoms with Crippen LogP contribution in [-0.2, 0) is 16.2 Å². The Bertz CT molecular complexity index is 3170. The first-order chi connectivity index (χ1) is 31.4. The number of benzene rings is 7. The molecule has 3 nitrogen and oxygen atoms in total. The fourth-order valence-corrected chi connectivity index (χ4v) is 12.2. The average molecular weight is 847 g/mol. The van der Waals surface area contributed by atoms with Gasteiger partial charge in [-0.2, -0.15) is 0 Å². The van der Waals surface area contributed by atoms with Crippen molar-refractivity contribution >= 4 is 5.69 Å². The molecule has 6 aliphatic rings. The van der Waals surface area contributed by atoms with E-state index in [4.69, 9.17) is 4.74 Å². The van der Waals surface area contributed by atoms with Crippen molar-refractivity contribution in [2.45, 2.75) is 103 Å². The van der Waals surface area contributed by atoms with Crippen molar-refractivity contribution in [1.29, 1.82) is 0 Å². The Hall–Kier alpha value is -6.58. The molecule has 2 N–H and O–H groups in total. The monoisotopic (exact) mass is 846 g/mol. The predicted octanol–water partition coefficient (Wildman–Crippen LogP) is 16.1. The van der Waals surface area contributed by atoms with Gasteiger partial charge >= 0.3 is 0 Å². The molecule has 0 saturated carbocycles. The van der Waals surface area contributed by atoms with Gasteiger partial charge in [0.2, 0.25) is 0 Å². The van der Waals surface area contributed by atoms with Crippen LogP contribution in [0.3, 0.4) is 0 Å². The van der Waals surface area contributed by atoms with Gasteiger partial charge in [-0.1, -0.05) is 146 Å². The molecule has 0 radical (unpaired) electrons. The van der Waals surface area contributed by atoms with Gasteiger partial charge in [-0.3, -0.25) is 0 Å². The lowest BCUT2D eigenvalue weighted by Gasteiger charge is -2.25. The van der Waals surface area contributed by atoms with Gasteiger partial charge in [0.1, 0.15) is 5.75 Å². The standard InChI is InChI=1S/C60H52N2O.C2H6/c1-58(2)47-27-38(34-15-19-36(20-16-34)55-29-40-11-7-8-12-53(40)61-55)23-25-41(47)43-30-51-45(32-49(43)58)46-33-50-44(31-52(46)60(51,5)6)42-26-24-39(28-48(42)59(50,3)4)35-17-21-37(22-18-35)57-62-54-13-9-10-14-56(54)63-57;1-2/h8-10,12-28,30-33,55,57,61-62H,7,11,29H2,1-6H3;1-2H3. The number of fused-ring (bicyclic) bond motifs is 10. The molecule has 2 heterocycles. The summed E-state index contributed by atoms with van der Waals surface area (Å²) in [5.41, 5.74) is 28.0. The largest absolute Gasteiger partial charge is 0.464 e. The summed E-state index contributed by atoms with van der Waals surface area (Å²) in [5, 5.41) is 7.29. The van der Waals surface area contributed by atoms with Crippen molar-refractivity contribution in [1.82, 2.24) is 5.32 Å². The lowest BCUT2D eigenvalue weighted by Crippen LogP contribution is -2.17. The molecule has 0 bridgehead atoms. The van der Waals surface area contributed by atoms with E-state index < -0.39 is 0 Å². The summed E-state index contributed by atoms with van der Waals surface area (Å²) in [6.07, 6.45) is 7.87. The van der Waals surface area contributed by atoms with Gasteiger partial charge in [0, 0.05) is 27.5 Å². The highest BCUT2D eigenvalue weighted by molar-refractivity contribution is 5.94. The molecule has 65 heavy (non-hydrogen) atoms. The third-order valence-electron chi connectivity index (χ3n) is 15.9. The minimum atomic E-state index is -0.175. The van der Waals surface area contributed by atoms with Gasteiger partial charge in [-0.05, 0) is 174 Å². The minimum Gasteiger partial charge on any atom is -0.464 e. The summed E-state index contributed by atoms with van der Waals surface area (Å²) in [6.45, 7) is 18.6. The quantitative estimate of drug-likeness (QED) is 0.185. The molecule has 0 aromatic heterocycles. The number of nitrogens with one attached hydrogen (secondary N) is 2. The van der Waals surface area contributed by atoms with E-state index in [0.29, 0.717) is 6.04 Å². The molecule has 0 amide bonds. The van der Waals surface area contributed by atoms with Crippen molar-refractivity contribution in [3.63, 3.8) is 0 Å². The van der Waals surface area contributed by atoms with Crippen LogP contribution in [0.4, 0.5) is 5.69 Å². The van der Waals surface area contributed by atoms with Gasteiger partial charge in [-0.25, -0.2) is 0 Å². The molecule has 0 saturated heterocycles. The number of anilines is 1. The van der Waals surface area contributed by atoms with Crippen molar-refractivity contribution in [3.05, 3.63) is 201 Å². The van der Waals surface area contributed by atoms with Crippen LogP contribution in [0.2, 0.25) is 0 Å². The highest BCUT2D eigenvalue weighted by atomic mass is 16.5. The fraction of sp³-hybridized carbons (Fsp3) is 0.258. The van der Waals surface area contributed by atoms with Gasteiger partial charge in [0.15, 0.2) is 6.23 Å². The van der Waals surface area contributed by atoms with E-state index in [1.807, 2.05) is 32.0 Å². The molecule has 3 heteroatoms. The Morgan fingerprint density at radius 1 is 0.477 bits per heavy atom. The Balaban J connectivity index is 0.00000219. The topological polar surface area (TPSA) is 33.3 Å². The SMILES string of the molecule is CC.CC1(C)c2cc(-c3ccc(C4CC5=C(C=CCC5)N4)cc3)ccc2-c2cc3c(cc21)-c1cc2c(cc1C3(C)C)-c1ccc(-c3ccc(C4Nc5ccccc5O4)cc3)cc1C2(C)C. The van der Waals surface area contributed by atoms with E-state index in [2.05, 4.69) is 180 Å². The van der Waals surface area contributed by atoms with Crippen LogP contribution in [-0.4, -0.2) is 0 Å². The van der Waals surface area contributed by atoms with Gasteiger partial charge in [0.05, 0.1) is 11.7 Å². The highest BCUT2D eigenvalue weighted by Gasteiger charge is 2.45. The Labute approximate surface area is 385 Å². The number of hydrogen-bond donors (Lipinski definition) is 2. The van der Waals surface area contributed by atoms with Gasteiger partial charge in [-0.15, -0.1) is 0 Å². The summed E-state index contributed by atoms with van der Waals surface area (Å²) in [6, 6.07) is 51.3. The number of allylic oxidation sites excluding steroid dienone is 2. The Morgan fingerprint density at radius 2 is 0.938 bits per heavy atom. The molecule has 322 valence electrons. The molecule has 7 aromatic carbocycles. The minimum absolute atomic E-state index is 0.124. The van der Waals surface area contributed by atoms with Crippen molar-refractivity contribution in [2.75, 3.05) is 5.32 Å². The van der Waals surface area contributed by atoms with Crippen LogP contribution >= 0.6 is 0 Å². The number of para-hydroxylation sites is 2. The molecule has 2 unspecified atom stereocenters. The maximum Gasteiger partial charge on any atom is 0.196 e. The maximum absolute atomic E-state index is 6.21. The summed E-state index contributed by atoms with van der Waals surface area (Å²) in [5.74, 6) is 0.903. The third-order valence-corrected chi connectivity index (χ3v) is 15.9. The first-order valence-electron chi connectivity index (χ1n) is 24.0. The summed E-state index contributed by atoms with van der Waals surface area (Å²) in [7, 11) is 0. The van der Waals surface area contributed by atoms with Crippen LogP contribution in [0.5, 0.6) is 5.75 Å². The molecule has 0 spiro atoms. The molecular weight excluding hydrogens is 789 g/mol. The average Bonchev–Trinajstić information content (AvgIpc) is 4.12. The first-order valence-corrected chi connectivity index (χ1v) is 24.0. The van der Waals surface area contributed by atoms with Crippen molar-refractivity contribution in [2.24, 2.45) is 0 Å². The molecular formula is C62H58N2O. The van der Waals surface area contributed by atoms with E-state index >= 15 is 0 Å². The van der Waals surface area contributed by atoms with Crippen LogP contribution in [0.15, 0.2) is 157 Å². The zero-order valence-corrected chi connectivity index (χ0v) is 39.0. The predicted molar refractivity (Wildman–Crippen MR) is 271 cm³/mol. The van der Waals surface area contributed by atoms with Crippen molar-refractivity contribution in [3.8, 4) is 61.4 Å². The van der Waals surface area contributed by atoms with Crippen molar-refractivity contribution < 1.29 is 4.74 Å². The molecule has 2 aliphatic heterocycles. The number of rotatable bonds is 4. The number of ether oxygens (including phenoxy) is 1. The Morgan fingerprint density at radius 3 is 1.45 bits per heavy atom. The van der Waals surface area contributed by atoms with E-state index in [0.717, 1.165) is 23.4 Å². The number of hydrogen-bond acceptors (Lipinski definition) is 3. The van der Waals surface area contributed by atoms with E-state index in [9.17, 15) is 0 Å².